The summed E-state index contributed by atoms with van der Waals surface area (Å²) in [6.07, 6.45) is 10.4. The highest BCUT2D eigenvalue weighted by Gasteiger charge is 2.19. The summed E-state index contributed by atoms with van der Waals surface area (Å²) >= 11 is 1.69. The molecular formula is C33H33N7S. The number of aromatic nitrogens is 5. The number of fused-ring (bicyclic) bond motifs is 1. The van der Waals surface area contributed by atoms with Crippen molar-refractivity contribution >= 4 is 45.0 Å². The van der Waals surface area contributed by atoms with Crippen molar-refractivity contribution in [3.63, 3.8) is 0 Å². The molecule has 0 unspecified atom stereocenters. The Kier molecular flexibility index (Phi) is 7.24. The molecule has 5 aromatic heterocycles. The number of H-pyrrole nitrogens is 1. The van der Waals surface area contributed by atoms with Crippen molar-refractivity contribution in [1.82, 2.24) is 25.1 Å². The van der Waals surface area contributed by atoms with E-state index in [0.717, 1.165) is 65.9 Å². The Morgan fingerprint density at radius 3 is 2.63 bits per heavy atom. The third-order valence-electron chi connectivity index (χ3n) is 7.63. The average Bonchev–Trinajstić information content (AvgIpc) is 3.75. The standard InChI is InChI=1S/C33H33N7S/c1-19(2)29-12-13-30(41-29)31-20(3)26(14-15-35-31)37-22(5)32-33-28(39-40-32)11-10-27(38-33)24-16-25(18-34-17-24)36-21(4)23-8-6-7-9-23/h10-18,23,36H,1,4-9H2,2-3H3,(H,35,37)(H,39,40). The normalized spacial score (nSPS) is 13.4. The molecule has 1 aliphatic rings. The van der Waals surface area contributed by atoms with Crippen LogP contribution in [-0.4, -0.2) is 25.1 Å². The molecule has 7 nitrogen and oxygen atoms in total. The van der Waals surface area contributed by atoms with E-state index in [1.807, 2.05) is 43.7 Å². The number of nitrogens with one attached hydrogen (secondary N) is 3. The van der Waals surface area contributed by atoms with Crippen LogP contribution in [0.5, 0.6) is 0 Å². The van der Waals surface area contributed by atoms with Crippen molar-refractivity contribution in [2.75, 3.05) is 10.6 Å². The Labute approximate surface area is 244 Å². The van der Waals surface area contributed by atoms with Gasteiger partial charge in [-0.2, -0.15) is 5.10 Å². The largest absolute Gasteiger partial charge is 0.358 e. The van der Waals surface area contributed by atoms with Crippen molar-refractivity contribution in [3.8, 4) is 21.8 Å². The van der Waals surface area contributed by atoms with Gasteiger partial charge in [-0.25, -0.2) is 4.98 Å². The SMILES string of the molecule is C=C(C)c1ccc(-c2nccc(NC(=C)c3n[nH]c4ccc(-c5cncc(NC(=C)C6CCCC6)c5)nc34)c2C)s1. The Balaban J connectivity index is 1.25. The van der Waals surface area contributed by atoms with Gasteiger partial charge in [-0.1, -0.05) is 32.6 Å². The molecule has 5 heterocycles. The lowest BCUT2D eigenvalue weighted by Gasteiger charge is -2.16. The van der Waals surface area contributed by atoms with Crippen LogP contribution in [0.3, 0.4) is 0 Å². The highest BCUT2D eigenvalue weighted by Crippen LogP contribution is 2.35. The number of aromatic amines is 1. The summed E-state index contributed by atoms with van der Waals surface area (Å²) in [6, 6.07) is 12.2. The Morgan fingerprint density at radius 1 is 1.02 bits per heavy atom. The summed E-state index contributed by atoms with van der Waals surface area (Å²) in [7, 11) is 0. The maximum atomic E-state index is 4.97. The van der Waals surface area contributed by atoms with Crippen molar-refractivity contribution in [2.45, 2.75) is 39.5 Å². The van der Waals surface area contributed by atoms with Crippen LogP contribution in [0.2, 0.25) is 0 Å². The zero-order valence-electron chi connectivity index (χ0n) is 23.4. The van der Waals surface area contributed by atoms with Crippen molar-refractivity contribution < 1.29 is 0 Å². The molecule has 0 radical (unpaired) electrons. The Bertz CT molecular complexity index is 1790. The van der Waals surface area contributed by atoms with E-state index in [4.69, 9.17) is 4.98 Å². The summed E-state index contributed by atoms with van der Waals surface area (Å²) < 4.78 is 0. The second kappa shape index (κ2) is 11.1. The van der Waals surface area contributed by atoms with E-state index in [1.165, 1.54) is 25.7 Å². The molecule has 0 saturated heterocycles. The van der Waals surface area contributed by atoms with Gasteiger partial charge in [0.1, 0.15) is 11.2 Å². The number of nitrogens with zero attached hydrogens (tertiary/aromatic N) is 4. The third-order valence-corrected chi connectivity index (χ3v) is 8.88. The molecule has 41 heavy (non-hydrogen) atoms. The van der Waals surface area contributed by atoms with Gasteiger partial charge in [0.05, 0.1) is 39.4 Å². The van der Waals surface area contributed by atoms with Crippen molar-refractivity contribution in [2.24, 2.45) is 5.92 Å². The van der Waals surface area contributed by atoms with E-state index in [-0.39, 0.29) is 0 Å². The van der Waals surface area contributed by atoms with Gasteiger partial charge in [0, 0.05) is 34.2 Å². The lowest BCUT2D eigenvalue weighted by atomic mass is 10.0. The summed E-state index contributed by atoms with van der Waals surface area (Å²) in [4.78, 5) is 16.3. The predicted molar refractivity (Wildman–Crippen MR) is 171 cm³/mol. The lowest BCUT2D eigenvalue weighted by molar-refractivity contribution is 0.649. The minimum atomic E-state index is 0.527. The van der Waals surface area contributed by atoms with Gasteiger partial charge in [-0.15, -0.1) is 11.3 Å². The second-order valence-corrected chi connectivity index (χ2v) is 11.7. The smallest absolute Gasteiger partial charge is 0.134 e. The average molecular weight is 560 g/mol. The van der Waals surface area contributed by atoms with Crippen LogP contribution in [0.1, 0.15) is 48.7 Å². The molecule has 0 spiro atoms. The molecule has 206 valence electrons. The molecular weight excluding hydrogens is 526 g/mol. The number of hydrogen-bond donors (Lipinski definition) is 3. The van der Waals surface area contributed by atoms with E-state index in [1.54, 1.807) is 11.3 Å². The van der Waals surface area contributed by atoms with Crippen LogP contribution in [0.4, 0.5) is 11.4 Å². The predicted octanol–water partition coefficient (Wildman–Crippen LogP) is 8.68. The summed E-state index contributed by atoms with van der Waals surface area (Å²) in [6.45, 7) is 16.7. The molecule has 0 amide bonds. The minimum absolute atomic E-state index is 0.527. The van der Waals surface area contributed by atoms with Crippen molar-refractivity contribution in [1.29, 1.82) is 0 Å². The summed E-state index contributed by atoms with van der Waals surface area (Å²) in [5.74, 6) is 0.527. The van der Waals surface area contributed by atoms with E-state index < -0.39 is 0 Å². The maximum absolute atomic E-state index is 4.97. The van der Waals surface area contributed by atoms with Crippen LogP contribution in [0.15, 0.2) is 80.4 Å². The first-order valence-corrected chi connectivity index (χ1v) is 14.6. The van der Waals surface area contributed by atoms with Crippen LogP contribution >= 0.6 is 11.3 Å². The monoisotopic (exact) mass is 559 g/mol. The van der Waals surface area contributed by atoms with E-state index in [0.29, 0.717) is 17.3 Å². The minimum Gasteiger partial charge on any atom is -0.358 e. The maximum Gasteiger partial charge on any atom is 0.134 e. The van der Waals surface area contributed by atoms with Gasteiger partial charge in [-0.3, -0.25) is 15.1 Å². The number of allylic oxidation sites excluding steroid dienone is 2. The molecule has 0 atom stereocenters. The molecule has 1 fully saturated rings. The summed E-state index contributed by atoms with van der Waals surface area (Å²) in [5.41, 5.74) is 10.5. The molecule has 8 heteroatoms. The molecule has 1 aliphatic carbocycles. The Hall–Kier alpha value is -4.56. The number of hydrogen-bond acceptors (Lipinski definition) is 7. The first-order valence-electron chi connectivity index (χ1n) is 13.8. The van der Waals surface area contributed by atoms with Crippen LogP contribution in [0.25, 0.3) is 44.1 Å². The third kappa shape index (κ3) is 5.43. The first-order chi connectivity index (χ1) is 19.9. The second-order valence-electron chi connectivity index (χ2n) is 10.6. The topological polar surface area (TPSA) is 91.4 Å². The molecule has 5 aromatic rings. The van der Waals surface area contributed by atoms with Gasteiger partial charge < -0.3 is 10.6 Å². The summed E-state index contributed by atoms with van der Waals surface area (Å²) in [5, 5.41) is 14.6. The zero-order chi connectivity index (χ0) is 28.5. The molecule has 6 rings (SSSR count). The first kappa shape index (κ1) is 26.7. The van der Waals surface area contributed by atoms with Crippen LogP contribution in [0, 0.1) is 12.8 Å². The van der Waals surface area contributed by atoms with Gasteiger partial charge in [0.15, 0.2) is 0 Å². The number of pyridine rings is 3. The molecule has 0 bridgehead atoms. The quantitative estimate of drug-likeness (QED) is 0.167. The van der Waals surface area contributed by atoms with E-state index in [9.17, 15) is 0 Å². The fraction of sp³-hybridized carbons (Fsp3) is 0.212. The highest BCUT2D eigenvalue weighted by molar-refractivity contribution is 7.16. The fourth-order valence-electron chi connectivity index (χ4n) is 5.32. The molecule has 3 N–H and O–H groups in total. The Morgan fingerprint density at radius 2 is 1.85 bits per heavy atom. The molecule has 1 saturated carbocycles. The molecule has 0 aliphatic heterocycles. The van der Waals surface area contributed by atoms with Crippen molar-refractivity contribution in [3.05, 3.63) is 96.6 Å². The van der Waals surface area contributed by atoms with E-state index >= 15 is 0 Å². The van der Waals surface area contributed by atoms with Gasteiger partial charge in [-0.05, 0) is 80.1 Å². The number of thiophene rings is 1. The highest BCUT2D eigenvalue weighted by atomic mass is 32.1. The lowest BCUT2D eigenvalue weighted by Crippen LogP contribution is -2.07. The number of rotatable bonds is 9. The van der Waals surface area contributed by atoms with Gasteiger partial charge in [0.25, 0.3) is 0 Å². The zero-order valence-corrected chi connectivity index (χ0v) is 24.2. The van der Waals surface area contributed by atoms with E-state index in [2.05, 4.69) is 75.7 Å². The van der Waals surface area contributed by atoms with Crippen LogP contribution < -0.4 is 10.6 Å². The number of anilines is 2. The fourth-order valence-corrected chi connectivity index (χ4v) is 6.30. The van der Waals surface area contributed by atoms with Gasteiger partial charge in [0.2, 0.25) is 0 Å². The molecule has 0 aromatic carbocycles. The van der Waals surface area contributed by atoms with Gasteiger partial charge >= 0.3 is 0 Å². The van der Waals surface area contributed by atoms with Crippen LogP contribution in [-0.2, 0) is 0 Å².